The van der Waals surface area contributed by atoms with E-state index >= 15 is 0 Å². The fraction of sp³-hybridized carbons (Fsp3) is 0.154. The normalized spacial score (nSPS) is 13.8. The van der Waals surface area contributed by atoms with Gasteiger partial charge in [0.1, 0.15) is 11.5 Å². The predicted molar refractivity (Wildman–Crippen MR) is 69.7 cm³/mol. The van der Waals surface area contributed by atoms with E-state index in [-0.39, 0.29) is 18.1 Å². The summed E-state index contributed by atoms with van der Waals surface area (Å²) in [5.41, 5.74) is 1.56. The average molecular weight is 322 g/mol. The van der Waals surface area contributed by atoms with E-state index in [2.05, 4.69) is 25.9 Å². The Morgan fingerprint density at radius 3 is 3.00 bits per heavy atom. The highest BCUT2D eigenvalue weighted by atomic mass is 79.9. The summed E-state index contributed by atoms with van der Waals surface area (Å²) in [5, 5.41) is 0. The largest absolute Gasteiger partial charge is 0.327 e. The van der Waals surface area contributed by atoms with Crippen molar-refractivity contribution in [2.75, 3.05) is 0 Å². The van der Waals surface area contributed by atoms with E-state index in [1.54, 1.807) is 12.3 Å². The number of amides is 1. The minimum atomic E-state index is -0.425. The van der Waals surface area contributed by atoms with Crippen molar-refractivity contribution in [2.45, 2.75) is 13.1 Å². The van der Waals surface area contributed by atoms with E-state index < -0.39 is 5.82 Å². The van der Waals surface area contributed by atoms with Crippen LogP contribution in [0.5, 0.6) is 0 Å². The Bertz CT molecular complexity index is 662. The van der Waals surface area contributed by atoms with Crippen LogP contribution in [0.1, 0.15) is 21.7 Å². The Morgan fingerprint density at radius 2 is 2.26 bits per heavy atom. The standard InChI is InChI=1S/C13H9BrFN3O/c14-9-4-10(15)11(17-5-9)7-18-6-8-2-1-3-16-12(8)13(18)19/h1-5H,6-7H2. The Kier molecular flexibility index (Phi) is 3.02. The van der Waals surface area contributed by atoms with Gasteiger partial charge in [-0.3, -0.25) is 14.8 Å². The smallest absolute Gasteiger partial charge is 0.273 e. The molecule has 1 aliphatic rings. The van der Waals surface area contributed by atoms with Gasteiger partial charge in [-0.1, -0.05) is 6.07 Å². The molecule has 19 heavy (non-hydrogen) atoms. The molecule has 2 aromatic rings. The molecular weight excluding hydrogens is 313 g/mol. The molecule has 2 aromatic heterocycles. The number of hydrogen-bond donors (Lipinski definition) is 0. The van der Waals surface area contributed by atoms with Gasteiger partial charge in [0.05, 0.1) is 12.2 Å². The highest BCUT2D eigenvalue weighted by Gasteiger charge is 2.29. The number of rotatable bonds is 2. The molecule has 1 aliphatic heterocycles. The van der Waals surface area contributed by atoms with Crippen LogP contribution in [0.4, 0.5) is 4.39 Å². The Labute approximate surface area is 117 Å². The summed E-state index contributed by atoms with van der Waals surface area (Å²) < 4.78 is 14.3. The number of halogens is 2. The number of pyridine rings is 2. The molecule has 0 aliphatic carbocycles. The summed E-state index contributed by atoms with van der Waals surface area (Å²) >= 11 is 3.15. The molecule has 0 bridgehead atoms. The van der Waals surface area contributed by atoms with E-state index in [0.717, 1.165) is 5.56 Å². The van der Waals surface area contributed by atoms with Crippen LogP contribution in [0.3, 0.4) is 0 Å². The van der Waals surface area contributed by atoms with E-state index in [4.69, 9.17) is 0 Å². The molecule has 0 aromatic carbocycles. The number of carbonyl (C=O) groups is 1. The first-order valence-electron chi connectivity index (χ1n) is 5.68. The maximum Gasteiger partial charge on any atom is 0.273 e. The third-order valence-corrected chi connectivity index (χ3v) is 3.40. The van der Waals surface area contributed by atoms with Gasteiger partial charge in [-0.2, -0.15) is 0 Å². The SMILES string of the molecule is O=C1c2ncccc2CN1Cc1ncc(Br)cc1F. The number of hydrogen-bond acceptors (Lipinski definition) is 3. The third kappa shape index (κ3) is 2.23. The summed E-state index contributed by atoms with van der Waals surface area (Å²) in [6.07, 6.45) is 3.10. The molecule has 0 N–H and O–H groups in total. The lowest BCUT2D eigenvalue weighted by molar-refractivity contribution is 0.0759. The minimum Gasteiger partial charge on any atom is -0.327 e. The highest BCUT2D eigenvalue weighted by molar-refractivity contribution is 9.10. The molecule has 0 radical (unpaired) electrons. The molecular formula is C13H9BrFN3O. The van der Waals surface area contributed by atoms with Crippen molar-refractivity contribution in [1.29, 1.82) is 0 Å². The van der Waals surface area contributed by atoms with Crippen LogP contribution in [0, 0.1) is 5.82 Å². The zero-order valence-corrected chi connectivity index (χ0v) is 11.4. The summed E-state index contributed by atoms with van der Waals surface area (Å²) in [5.74, 6) is -0.606. The van der Waals surface area contributed by atoms with Gasteiger partial charge in [0, 0.05) is 29.0 Å². The molecule has 0 saturated carbocycles. The summed E-state index contributed by atoms with van der Waals surface area (Å²) in [6.45, 7) is 0.591. The van der Waals surface area contributed by atoms with Crippen molar-refractivity contribution in [3.63, 3.8) is 0 Å². The lowest BCUT2D eigenvalue weighted by atomic mass is 10.2. The lowest BCUT2D eigenvalue weighted by Crippen LogP contribution is -2.24. The maximum absolute atomic E-state index is 13.7. The number of carbonyl (C=O) groups excluding carboxylic acids is 1. The van der Waals surface area contributed by atoms with Crippen LogP contribution in [-0.4, -0.2) is 20.8 Å². The minimum absolute atomic E-state index is 0.147. The van der Waals surface area contributed by atoms with Crippen molar-refractivity contribution < 1.29 is 9.18 Å². The first kappa shape index (κ1) is 12.2. The van der Waals surface area contributed by atoms with Crippen molar-refractivity contribution in [3.05, 3.63) is 57.8 Å². The van der Waals surface area contributed by atoms with E-state index in [0.29, 0.717) is 16.7 Å². The molecule has 0 saturated heterocycles. The topological polar surface area (TPSA) is 46.1 Å². The van der Waals surface area contributed by atoms with Gasteiger partial charge >= 0.3 is 0 Å². The number of aromatic nitrogens is 2. The fourth-order valence-corrected chi connectivity index (χ4v) is 2.36. The fourth-order valence-electron chi connectivity index (χ4n) is 2.05. The van der Waals surface area contributed by atoms with Gasteiger partial charge in [-0.25, -0.2) is 4.39 Å². The summed E-state index contributed by atoms with van der Waals surface area (Å²) in [7, 11) is 0. The molecule has 1 amide bonds. The Balaban J connectivity index is 1.85. The Morgan fingerprint density at radius 1 is 1.42 bits per heavy atom. The van der Waals surface area contributed by atoms with Crippen LogP contribution < -0.4 is 0 Å². The molecule has 6 heteroatoms. The maximum atomic E-state index is 13.7. The van der Waals surface area contributed by atoms with Crippen LogP contribution in [0.2, 0.25) is 0 Å². The van der Waals surface area contributed by atoms with Crippen LogP contribution in [0.15, 0.2) is 35.1 Å². The van der Waals surface area contributed by atoms with Crippen molar-refractivity contribution in [2.24, 2.45) is 0 Å². The van der Waals surface area contributed by atoms with Gasteiger partial charge in [0.2, 0.25) is 0 Å². The van der Waals surface area contributed by atoms with E-state index in [1.807, 2.05) is 6.07 Å². The molecule has 96 valence electrons. The molecule has 3 heterocycles. The second-order valence-electron chi connectivity index (χ2n) is 4.25. The quantitative estimate of drug-likeness (QED) is 0.854. The molecule has 4 nitrogen and oxygen atoms in total. The zero-order valence-electron chi connectivity index (χ0n) is 9.81. The lowest BCUT2D eigenvalue weighted by Gasteiger charge is -2.15. The van der Waals surface area contributed by atoms with Crippen LogP contribution in [0.25, 0.3) is 0 Å². The molecule has 0 spiro atoms. The van der Waals surface area contributed by atoms with Crippen LogP contribution in [-0.2, 0) is 13.1 Å². The van der Waals surface area contributed by atoms with Gasteiger partial charge < -0.3 is 4.90 Å². The highest BCUT2D eigenvalue weighted by Crippen LogP contribution is 2.23. The zero-order chi connectivity index (χ0) is 13.4. The molecule has 0 unspecified atom stereocenters. The summed E-state index contributed by atoms with van der Waals surface area (Å²) in [4.78, 5) is 21.7. The second kappa shape index (κ2) is 4.70. The number of fused-ring (bicyclic) bond motifs is 1. The van der Waals surface area contributed by atoms with E-state index in [9.17, 15) is 9.18 Å². The molecule has 0 atom stereocenters. The van der Waals surface area contributed by atoms with Gasteiger partial charge in [-0.05, 0) is 28.1 Å². The monoisotopic (exact) mass is 321 g/mol. The first-order chi connectivity index (χ1) is 9.15. The van der Waals surface area contributed by atoms with E-state index in [1.165, 1.54) is 17.2 Å². The second-order valence-corrected chi connectivity index (χ2v) is 5.17. The average Bonchev–Trinajstić information content (AvgIpc) is 2.70. The predicted octanol–water partition coefficient (Wildman–Crippen LogP) is 2.53. The third-order valence-electron chi connectivity index (χ3n) is 2.97. The van der Waals surface area contributed by atoms with Gasteiger partial charge in [0.25, 0.3) is 5.91 Å². The van der Waals surface area contributed by atoms with Gasteiger partial charge in [-0.15, -0.1) is 0 Å². The summed E-state index contributed by atoms with van der Waals surface area (Å²) in [6, 6.07) is 4.98. The van der Waals surface area contributed by atoms with Crippen LogP contribution >= 0.6 is 15.9 Å². The molecule has 0 fully saturated rings. The first-order valence-corrected chi connectivity index (χ1v) is 6.47. The van der Waals surface area contributed by atoms with Crippen molar-refractivity contribution >= 4 is 21.8 Å². The Hall–Kier alpha value is -1.82. The number of nitrogens with zero attached hydrogens (tertiary/aromatic N) is 3. The van der Waals surface area contributed by atoms with Gasteiger partial charge in [0.15, 0.2) is 0 Å². The van der Waals surface area contributed by atoms with Crippen molar-refractivity contribution in [1.82, 2.24) is 14.9 Å². The molecule has 3 rings (SSSR count). The van der Waals surface area contributed by atoms with Crippen molar-refractivity contribution in [3.8, 4) is 0 Å².